The van der Waals surface area contributed by atoms with E-state index in [9.17, 15) is 0 Å². The van der Waals surface area contributed by atoms with Crippen LogP contribution in [0.3, 0.4) is 0 Å². The average molecular weight is 256 g/mol. The van der Waals surface area contributed by atoms with Crippen LogP contribution in [0.2, 0.25) is 0 Å². The highest BCUT2D eigenvalue weighted by Gasteiger charge is 2.04. The molecule has 0 saturated heterocycles. The van der Waals surface area contributed by atoms with Gasteiger partial charge in [0.05, 0.1) is 19.7 Å². The minimum absolute atomic E-state index is 0.445. The molecule has 1 rings (SSSR count). The smallest absolute Gasteiger partial charge is 0.140 e. The normalized spacial score (nSPS) is 11.3. The molecule has 6 heteroatoms. The number of aromatic nitrogens is 3. The molecule has 0 aliphatic carbocycles. The molecular formula is C12H24N4O2. The summed E-state index contributed by atoms with van der Waals surface area (Å²) in [4.78, 5) is 4.23. The molecule has 1 heterocycles. The highest BCUT2D eigenvalue weighted by atomic mass is 16.5. The molecule has 6 nitrogen and oxygen atoms in total. The largest absolute Gasteiger partial charge is 0.385 e. The van der Waals surface area contributed by atoms with E-state index in [1.165, 1.54) is 0 Å². The van der Waals surface area contributed by atoms with Gasteiger partial charge in [0.2, 0.25) is 0 Å². The van der Waals surface area contributed by atoms with Crippen LogP contribution in [0.25, 0.3) is 0 Å². The average Bonchev–Trinajstić information content (AvgIpc) is 2.78. The first-order chi connectivity index (χ1) is 8.74. The van der Waals surface area contributed by atoms with Crippen LogP contribution >= 0.6 is 0 Å². The number of nitrogens with zero attached hydrogens (tertiary/aromatic N) is 3. The minimum atomic E-state index is 0.445. The van der Waals surface area contributed by atoms with E-state index in [2.05, 4.69) is 29.2 Å². The molecule has 104 valence electrons. The van der Waals surface area contributed by atoms with Crippen molar-refractivity contribution in [3.8, 4) is 0 Å². The molecule has 1 aromatic rings. The molecule has 0 fully saturated rings. The Kier molecular flexibility index (Phi) is 7.55. The van der Waals surface area contributed by atoms with Crippen molar-refractivity contribution < 1.29 is 9.47 Å². The van der Waals surface area contributed by atoms with Crippen LogP contribution in [0.1, 0.15) is 26.1 Å². The van der Waals surface area contributed by atoms with Crippen LogP contribution in [0.5, 0.6) is 0 Å². The lowest BCUT2D eigenvalue weighted by Gasteiger charge is -2.09. The van der Waals surface area contributed by atoms with Crippen molar-refractivity contribution in [3.63, 3.8) is 0 Å². The predicted molar refractivity (Wildman–Crippen MR) is 69.3 cm³/mol. The van der Waals surface area contributed by atoms with E-state index in [4.69, 9.17) is 9.47 Å². The molecule has 0 aliphatic rings. The lowest BCUT2D eigenvalue weighted by atomic mass is 10.4. The Labute approximate surface area is 109 Å². The predicted octanol–water partition coefficient (Wildman–Crippen LogP) is 0.829. The highest BCUT2D eigenvalue weighted by molar-refractivity contribution is 4.84. The number of hydrogen-bond donors (Lipinski definition) is 1. The Morgan fingerprint density at radius 3 is 2.89 bits per heavy atom. The third kappa shape index (κ3) is 6.09. The molecule has 1 N–H and O–H groups in total. The zero-order valence-corrected chi connectivity index (χ0v) is 11.6. The van der Waals surface area contributed by atoms with Crippen LogP contribution in [0, 0.1) is 0 Å². The maximum absolute atomic E-state index is 5.50. The molecule has 0 radical (unpaired) electrons. The Morgan fingerprint density at radius 1 is 1.33 bits per heavy atom. The van der Waals surface area contributed by atoms with E-state index in [1.54, 1.807) is 13.4 Å². The second-order valence-electron chi connectivity index (χ2n) is 4.39. The van der Waals surface area contributed by atoms with E-state index in [0.29, 0.717) is 12.6 Å². The zero-order valence-electron chi connectivity index (χ0n) is 11.6. The van der Waals surface area contributed by atoms with Gasteiger partial charge in [0.15, 0.2) is 0 Å². The van der Waals surface area contributed by atoms with E-state index in [1.807, 2.05) is 4.68 Å². The minimum Gasteiger partial charge on any atom is -0.385 e. The number of ether oxygens (including phenoxy) is 2. The molecular weight excluding hydrogens is 232 g/mol. The SMILES string of the molecule is COCCCOCCn1ncnc1CNC(C)C. The van der Waals surface area contributed by atoms with Gasteiger partial charge in [-0.1, -0.05) is 13.8 Å². The van der Waals surface area contributed by atoms with Gasteiger partial charge in [-0.3, -0.25) is 0 Å². The van der Waals surface area contributed by atoms with Crippen LogP contribution in [-0.2, 0) is 22.6 Å². The molecule has 0 bridgehead atoms. The molecule has 0 amide bonds. The van der Waals surface area contributed by atoms with Gasteiger partial charge in [-0.15, -0.1) is 0 Å². The van der Waals surface area contributed by atoms with Gasteiger partial charge in [-0.25, -0.2) is 9.67 Å². The summed E-state index contributed by atoms with van der Waals surface area (Å²) in [6.07, 6.45) is 2.51. The Balaban J connectivity index is 2.19. The van der Waals surface area contributed by atoms with Crippen LogP contribution < -0.4 is 5.32 Å². The van der Waals surface area contributed by atoms with Crippen LogP contribution in [0.15, 0.2) is 6.33 Å². The zero-order chi connectivity index (χ0) is 13.2. The number of rotatable bonds is 10. The molecule has 0 aliphatic heterocycles. The fourth-order valence-corrected chi connectivity index (χ4v) is 1.47. The molecule has 0 atom stereocenters. The molecule has 1 aromatic heterocycles. The summed E-state index contributed by atoms with van der Waals surface area (Å²) < 4.78 is 12.3. The molecule has 18 heavy (non-hydrogen) atoms. The standard InChI is InChI=1S/C12H24N4O2/c1-11(2)13-9-12-14-10-15-16(12)5-8-18-7-4-6-17-3/h10-11,13H,4-9H2,1-3H3. The Morgan fingerprint density at radius 2 is 2.17 bits per heavy atom. The van der Waals surface area contributed by atoms with E-state index in [0.717, 1.165) is 38.5 Å². The van der Waals surface area contributed by atoms with Gasteiger partial charge in [0, 0.05) is 26.4 Å². The van der Waals surface area contributed by atoms with Gasteiger partial charge in [-0.05, 0) is 6.42 Å². The second kappa shape index (κ2) is 9.02. The summed E-state index contributed by atoms with van der Waals surface area (Å²) in [7, 11) is 1.70. The second-order valence-corrected chi connectivity index (χ2v) is 4.39. The topological polar surface area (TPSA) is 61.2 Å². The number of hydrogen-bond acceptors (Lipinski definition) is 5. The fraction of sp³-hybridized carbons (Fsp3) is 0.833. The van der Waals surface area contributed by atoms with Crippen molar-refractivity contribution in [2.45, 2.75) is 39.4 Å². The summed E-state index contributed by atoms with van der Waals surface area (Å²) in [5, 5.41) is 7.51. The highest BCUT2D eigenvalue weighted by Crippen LogP contribution is 1.95. The first-order valence-electron chi connectivity index (χ1n) is 6.40. The van der Waals surface area contributed by atoms with E-state index in [-0.39, 0.29) is 0 Å². The first kappa shape index (κ1) is 15.1. The van der Waals surface area contributed by atoms with Gasteiger partial charge >= 0.3 is 0 Å². The van der Waals surface area contributed by atoms with Crippen molar-refractivity contribution in [2.24, 2.45) is 0 Å². The summed E-state index contributed by atoms with van der Waals surface area (Å²) in [6, 6.07) is 0.445. The van der Waals surface area contributed by atoms with Gasteiger partial charge in [-0.2, -0.15) is 5.10 Å². The van der Waals surface area contributed by atoms with Crippen molar-refractivity contribution in [1.29, 1.82) is 0 Å². The van der Waals surface area contributed by atoms with E-state index < -0.39 is 0 Å². The summed E-state index contributed by atoms with van der Waals surface area (Å²) in [5.74, 6) is 0.948. The number of nitrogens with one attached hydrogen (secondary N) is 1. The third-order valence-corrected chi connectivity index (χ3v) is 2.45. The third-order valence-electron chi connectivity index (χ3n) is 2.45. The van der Waals surface area contributed by atoms with Crippen LogP contribution in [0.4, 0.5) is 0 Å². The summed E-state index contributed by atoms with van der Waals surface area (Å²) in [5.41, 5.74) is 0. The molecule has 0 unspecified atom stereocenters. The summed E-state index contributed by atoms with van der Waals surface area (Å²) >= 11 is 0. The van der Waals surface area contributed by atoms with Crippen molar-refractivity contribution in [2.75, 3.05) is 26.9 Å². The molecule has 0 aromatic carbocycles. The lowest BCUT2D eigenvalue weighted by Crippen LogP contribution is -2.24. The molecule has 0 spiro atoms. The maximum Gasteiger partial charge on any atom is 0.140 e. The monoisotopic (exact) mass is 256 g/mol. The fourth-order valence-electron chi connectivity index (χ4n) is 1.47. The van der Waals surface area contributed by atoms with Crippen molar-refractivity contribution in [1.82, 2.24) is 20.1 Å². The maximum atomic E-state index is 5.50. The van der Waals surface area contributed by atoms with Gasteiger partial charge in [0.25, 0.3) is 0 Å². The summed E-state index contributed by atoms with van der Waals surface area (Å²) in [6.45, 7) is 7.82. The Bertz CT molecular complexity index is 315. The van der Waals surface area contributed by atoms with E-state index >= 15 is 0 Å². The van der Waals surface area contributed by atoms with Crippen molar-refractivity contribution >= 4 is 0 Å². The quantitative estimate of drug-likeness (QED) is 0.628. The lowest BCUT2D eigenvalue weighted by molar-refractivity contribution is 0.0955. The van der Waals surface area contributed by atoms with Gasteiger partial charge < -0.3 is 14.8 Å². The molecule has 0 saturated carbocycles. The van der Waals surface area contributed by atoms with Crippen LogP contribution in [-0.4, -0.2) is 47.7 Å². The van der Waals surface area contributed by atoms with Crippen molar-refractivity contribution in [3.05, 3.63) is 12.2 Å². The first-order valence-corrected chi connectivity index (χ1v) is 6.40. The van der Waals surface area contributed by atoms with Gasteiger partial charge in [0.1, 0.15) is 12.2 Å². The number of methoxy groups -OCH3 is 1. The Hall–Kier alpha value is -0.980.